The molecular weight excluding hydrogens is 226 g/mol. The first-order chi connectivity index (χ1) is 7.52. The summed E-state index contributed by atoms with van der Waals surface area (Å²) in [6.07, 6.45) is -2.31. The molecule has 0 aliphatic rings. The molecule has 1 rings (SSSR count). The van der Waals surface area contributed by atoms with Crippen LogP contribution in [0.2, 0.25) is 0 Å². The average molecular weight is 232 g/mol. The standard InChI is InChI=1S/C8H6F2N2O4/c1-16-5-2-11-6(8(9)10)4(3-13)7(5)12(14)15/h2-3,8H,1H3. The number of methoxy groups -OCH3 is 1. The molecule has 86 valence electrons. The van der Waals surface area contributed by atoms with Gasteiger partial charge in [0.2, 0.25) is 5.75 Å². The molecule has 1 aromatic rings. The average Bonchev–Trinajstić information content (AvgIpc) is 2.26. The van der Waals surface area contributed by atoms with Gasteiger partial charge in [-0.2, -0.15) is 0 Å². The SMILES string of the molecule is COc1cnc(C(F)F)c(C=O)c1[N+](=O)[O-]. The fraction of sp³-hybridized carbons (Fsp3) is 0.250. The Balaban J connectivity index is 3.56. The third kappa shape index (κ3) is 1.95. The van der Waals surface area contributed by atoms with Crippen molar-refractivity contribution in [1.29, 1.82) is 0 Å². The molecule has 6 nitrogen and oxygen atoms in total. The Morgan fingerprint density at radius 1 is 1.62 bits per heavy atom. The Bertz CT molecular complexity index is 436. The molecule has 16 heavy (non-hydrogen) atoms. The van der Waals surface area contributed by atoms with Crippen LogP contribution in [0.1, 0.15) is 22.5 Å². The molecule has 0 aromatic carbocycles. The summed E-state index contributed by atoms with van der Waals surface area (Å²) in [5.74, 6) is -0.337. The summed E-state index contributed by atoms with van der Waals surface area (Å²) >= 11 is 0. The predicted octanol–water partition coefficient (Wildman–Crippen LogP) is 1.75. The van der Waals surface area contributed by atoms with Crippen molar-refractivity contribution in [2.75, 3.05) is 7.11 Å². The van der Waals surface area contributed by atoms with E-state index in [4.69, 9.17) is 0 Å². The first-order valence-electron chi connectivity index (χ1n) is 3.97. The fourth-order valence-electron chi connectivity index (χ4n) is 1.14. The Kier molecular flexibility index (Phi) is 3.44. The van der Waals surface area contributed by atoms with E-state index < -0.39 is 28.3 Å². The summed E-state index contributed by atoms with van der Waals surface area (Å²) in [7, 11) is 1.11. The molecule has 0 spiro atoms. The highest BCUT2D eigenvalue weighted by Crippen LogP contribution is 2.33. The minimum Gasteiger partial charge on any atom is -0.489 e. The zero-order valence-corrected chi connectivity index (χ0v) is 8.02. The number of alkyl halides is 2. The molecule has 0 atom stereocenters. The van der Waals surface area contributed by atoms with Gasteiger partial charge in [-0.05, 0) is 0 Å². The number of ether oxygens (including phenoxy) is 1. The maximum Gasteiger partial charge on any atom is 0.325 e. The van der Waals surface area contributed by atoms with Crippen LogP contribution in [-0.4, -0.2) is 23.3 Å². The van der Waals surface area contributed by atoms with Crippen molar-refractivity contribution in [3.05, 3.63) is 27.6 Å². The van der Waals surface area contributed by atoms with E-state index in [1.165, 1.54) is 0 Å². The first kappa shape index (κ1) is 12.0. The summed E-state index contributed by atoms with van der Waals surface area (Å²) in [6.45, 7) is 0. The summed E-state index contributed by atoms with van der Waals surface area (Å²) in [4.78, 5) is 23.5. The molecular formula is C8H6F2N2O4. The topological polar surface area (TPSA) is 82.3 Å². The molecule has 1 heterocycles. The molecule has 0 bridgehead atoms. The fourth-order valence-corrected chi connectivity index (χ4v) is 1.14. The Labute approximate surface area is 88.0 Å². The van der Waals surface area contributed by atoms with E-state index >= 15 is 0 Å². The lowest BCUT2D eigenvalue weighted by Gasteiger charge is -2.06. The molecule has 0 aliphatic heterocycles. The quantitative estimate of drug-likeness (QED) is 0.448. The monoisotopic (exact) mass is 232 g/mol. The number of rotatable bonds is 4. The summed E-state index contributed by atoms with van der Waals surface area (Å²) in [5.41, 5.74) is -2.50. The van der Waals surface area contributed by atoms with E-state index in [1.807, 2.05) is 0 Å². The number of pyridine rings is 1. The van der Waals surface area contributed by atoms with Gasteiger partial charge in [-0.1, -0.05) is 0 Å². The largest absolute Gasteiger partial charge is 0.489 e. The van der Waals surface area contributed by atoms with E-state index in [-0.39, 0.29) is 12.0 Å². The van der Waals surface area contributed by atoms with Crippen LogP contribution in [0.3, 0.4) is 0 Å². The van der Waals surface area contributed by atoms with E-state index in [1.54, 1.807) is 0 Å². The minimum atomic E-state index is -3.06. The van der Waals surface area contributed by atoms with E-state index in [9.17, 15) is 23.7 Å². The Hall–Kier alpha value is -2.12. The van der Waals surface area contributed by atoms with Gasteiger partial charge < -0.3 is 4.74 Å². The summed E-state index contributed by atoms with van der Waals surface area (Å²) < 4.78 is 29.4. The van der Waals surface area contributed by atoms with E-state index in [0.29, 0.717) is 0 Å². The van der Waals surface area contributed by atoms with Crippen molar-refractivity contribution in [2.45, 2.75) is 6.43 Å². The Morgan fingerprint density at radius 2 is 2.25 bits per heavy atom. The lowest BCUT2D eigenvalue weighted by molar-refractivity contribution is -0.386. The number of carbonyl (C=O) groups is 1. The first-order valence-corrected chi connectivity index (χ1v) is 3.97. The molecule has 0 aliphatic carbocycles. The van der Waals surface area contributed by atoms with Crippen LogP contribution >= 0.6 is 0 Å². The maximum absolute atomic E-state index is 12.4. The lowest BCUT2D eigenvalue weighted by atomic mass is 10.1. The van der Waals surface area contributed by atoms with Crippen molar-refractivity contribution in [3.8, 4) is 5.75 Å². The molecule has 0 amide bonds. The predicted molar refractivity (Wildman–Crippen MR) is 47.8 cm³/mol. The van der Waals surface area contributed by atoms with Gasteiger partial charge in [-0.25, -0.2) is 8.78 Å². The molecule has 0 saturated heterocycles. The van der Waals surface area contributed by atoms with E-state index in [2.05, 4.69) is 9.72 Å². The molecule has 0 radical (unpaired) electrons. The van der Waals surface area contributed by atoms with Gasteiger partial charge >= 0.3 is 5.69 Å². The van der Waals surface area contributed by atoms with Crippen LogP contribution in [-0.2, 0) is 0 Å². The number of nitro groups is 1. The number of hydrogen-bond acceptors (Lipinski definition) is 5. The third-order valence-electron chi connectivity index (χ3n) is 1.81. The molecule has 0 N–H and O–H groups in total. The second kappa shape index (κ2) is 4.60. The molecule has 1 aromatic heterocycles. The smallest absolute Gasteiger partial charge is 0.325 e. The molecule has 0 unspecified atom stereocenters. The van der Waals surface area contributed by atoms with E-state index in [0.717, 1.165) is 13.3 Å². The van der Waals surface area contributed by atoms with Crippen molar-refractivity contribution in [2.24, 2.45) is 0 Å². The van der Waals surface area contributed by atoms with Crippen LogP contribution in [0, 0.1) is 10.1 Å². The van der Waals surface area contributed by atoms with Gasteiger partial charge in [0.25, 0.3) is 6.43 Å². The third-order valence-corrected chi connectivity index (χ3v) is 1.81. The highest BCUT2D eigenvalue weighted by atomic mass is 19.3. The van der Waals surface area contributed by atoms with Crippen LogP contribution in [0.4, 0.5) is 14.5 Å². The van der Waals surface area contributed by atoms with Crippen molar-refractivity contribution in [1.82, 2.24) is 4.98 Å². The molecule has 8 heteroatoms. The Morgan fingerprint density at radius 3 is 2.62 bits per heavy atom. The van der Waals surface area contributed by atoms with Crippen molar-refractivity contribution >= 4 is 12.0 Å². The van der Waals surface area contributed by atoms with Gasteiger partial charge in [-0.3, -0.25) is 19.9 Å². The highest BCUT2D eigenvalue weighted by Gasteiger charge is 2.28. The van der Waals surface area contributed by atoms with Crippen LogP contribution in [0.15, 0.2) is 6.20 Å². The number of nitrogens with zero attached hydrogens (tertiary/aromatic N) is 2. The second-order valence-corrected chi connectivity index (χ2v) is 2.65. The maximum atomic E-state index is 12.4. The number of carbonyl (C=O) groups excluding carboxylic acids is 1. The number of aldehydes is 1. The van der Waals surface area contributed by atoms with Crippen molar-refractivity contribution < 1.29 is 23.2 Å². The number of hydrogen-bond donors (Lipinski definition) is 0. The van der Waals surface area contributed by atoms with Crippen LogP contribution in [0.25, 0.3) is 0 Å². The van der Waals surface area contributed by atoms with Gasteiger partial charge in [0.15, 0.2) is 6.29 Å². The normalized spacial score (nSPS) is 10.2. The van der Waals surface area contributed by atoms with Gasteiger partial charge in [0, 0.05) is 0 Å². The second-order valence-electron chi connectivity index (χ2n) is 2.65. The highest BCUT2D eigenvalue weighted by molar-refractivity contribution is 5.85. The lowest BCUT2D eigenvalue weighted by Crippen LogP contribution is -2.05. The van der Waals surface area contributed by atoms with Crippen molar-refractivity contribution in [3.63, 3.8) is 0 Å². The van der Waals surface area contributed by atoms with Gasteiger partial charge in [-0.15, -0.1) is 0 Å². The van der Waals surface area contributed by atoms with Crippen LogP contribution in [0.5, 0.6) is 5.75 Å². The number of halogens is 2. The van der Waals surface area contributed by atoms with Gasteiger partial charge in [0.05, 0.1) is 18.2 Å². The summed E-state index contributed by atoms with van der Waals surface area (Å²) in [5, 5.41) is 10.6. The van der Waals surface area contributed by atoms with Gasteiger partial charge in [0.1, 0.15) is 11.3 Å². The van der Waals surface area contributed by atoms with Crippen LogP contribution < -0.4 is 4.74 Å². The summed E-state index contributed by atoms with van der Waals surface area (Å²) in [6, 6.07) is 0. The molecule has 0 saturated carbocycles. The zero-order valence-electron chi connectivity index (χ0n) is 8.02. The zero-order chi connectivity index (χ0) is 12.3. The minimum absolute atomic E-state index is 0.0326. The number of aromatic nitrogens is 1. The molecule has 0 fully saturated rings.